The fourth-order valence-corrected chi connectivity index (χ4v) is 1.02. The van der Waals surface area contributed by atoms with E-state index < -0.39 is 19.1 Å². The molecule has 0 saturated heterocycles. The summed E-state index contributed by atoms with van der Waals surface area (Å²) in [5.41, 5.74) is 5.27. The Balaban J connectivity index is 3.73. The molecular formula is C9H18F2N2O2. The molecule has 0 radical (unpaired) electrons. The molecule has 0 aromatic rings. The van der Waals surface area contributed by atoms with Crippen LogP contribution < -0.4 is 11.1 Å². The lowest BCUT2D eigenvalue weighted by Crippen LogP contribution is -2.38. The predicted octanol–water partition coefficient (Wildman–Crippen LogP) is 0.104. The fraction of sp³-hybridized carbons (Fsp3) is 0.889. The third kappa shape index (κ3) is 6.35. The Hall–Kier alpha value is -0.750. The fourth-order valence-electron chi connectivity index (χ4n) is 1.02. The van der Waals surface area contributed by atoms with Gasteiger partial charge in [-0.05, 0) is 19.4 Å². The Morgan fingerprint density at radius 2 is 2.13 bits per heavy atom. The van der Waals surface area contributed by atoms with Gasteiger partial charge in [-0.2, -0.15) is 0 Å². The number of aliphatic hydroxyl groups is 1. The van der Waals surface area contributed by atoms with Crippen LogP contribution in [0.15, 0.2) is 0 Å². The number of nitrogens with one attached hydrogen (secondary N) is 1. The second kappa shape index (κ2) is 7.53. The molecule has 0 aliphatic carbocycles. The van der Waals surface area contributed by atoms with Crippen LogP contribution >= 0.6 is 0 Å². The van der Waals surface area contributed by atoms with Crippen molar-refractivity contribution in [1.29, 1.82) is 0 Å². The molecule has 4 N–H and O–H groups in total. The smallest absolute Gasteiger partial charge is 0.265 e. The minimum atomic E-state index is -2.83. The molecule has 0 rings (SSSR count). The maximum Gasteiger partial charge on any atom is 0.265 e. The van der Waals surface area contributed by atoms with Crippen LogP contribution in [0.2, 0.25) is 0 Å². The van der Waals surface area contributed by atoms with E-state index in [4.69, 9.17) is 10.8 Å². The van der Waals surface area contributed by atoms with Crippen LogP contribution in [0.1, 0.15) is 19.8 Å². The molecule has 0 heterocycles. The van der Waals surface area contributed by atoms with Crippen molar-refractivity contribution in [3.8, 4) is 0 Å². The molecule has 0 aliphatic rings. The molecule has 2 unspecified atom stereocenters. The van der Waals surface area contributed by atoms with Crippen LogP contribution in [0.25, 0.3) is 0 Å². The lowest BCUT2D eigenvalue weighted by atomic mass is 10.0. The van der Waals surface area contributed by atoms with Crippen molar-refractivity contribution in [2.75, 3.05) is 13.1 Å². The Bertz CT molecular complexity index is 191. The van der Waals surface area contributed by atoms with Crippen LogP contribution in [-0.2, 0) is 4.79 Å². The van der Waals surface area contributed by atoms with Crippen molar-refractivity contribution in [3.05, 3.63) is 0 Å². The van der Waals surface area contributed by atoms with E-state index in [9.17, 15) is 13.6 Å². The predicted molar refractivity (Wildman–Crippen MR) is 52.5 cm³/mol. The number of nitrogens with two attached hydrogens (primary N) is 1. The summed E-state index contributed by atoms with van der Waals surface area (Å²) in [6, 6.07) is 0. The zero-order valence-corrected chi connectivity index (χ0v) is 8.75. The molecule has 0 saturated carbocycles. The SMILES string of the molecule is CC(CCCN)C(=O)NCC(O)C(F)F. The molecule has 6 heteroatoms. The van der Waals surface area contributed by atoms with E-state index in [1.807, 2.05) is 0 Å². The highest BCUT2D eigenvalue weighted by molar-refractivity contribution is 5.78. The molecule has 0 aliphatic heterocycles. The van der Waals surface area contributed by atoms with E-state index in [1.165, 1.54) is 0 Å². The van der Waals surface area contributed by atoms with E-state index in [2.05, 4.69) is 5.32 Å². The highest BCUT2D eigenvalue weighted by Gasteiger charge is 2.19. The van der Waals surface area contributed by atoms with Gasteiger partial charge >= 0.3 is 0 Å². The Morgan fingerprint density at radius 1 is 1.53 bits per heavy atom. The summed E-state index contributed by atoms with van der Waals surface area (Å²) in [4.78, 5) is 11.3. The molecule has 0 bridgehead atoms. The number of halogens is 2. The highest BCUT2D eigenvalue weighted by Crippen LogP contribution is 2.05. The van der Waals surface area contributed by atoms with Crippen LogP contribution in [-0.4, -0.2) is 36.6 Å². The normalized spacial score (nSPS) is 15.1. The van der Waals surface area contributed by atoms with Gasteiger partial charge in [0.2, 0.25) is 5.91 Å². The van der Waals surface area contributed by atoms with Crippen LogP contribution in [0, 0.1) is 5.92 Å². The first-order chi connectivity index (χ1) is 6.99. The number of alkyl halides is 2. The summed E-state index contributed by atoms with van der Waals surface area (Å²) in [5, 5.41) is 11.0. The minimum Gasteiger partial charge on any atom is -0.385 e. The maximum atomic E-state index is 11.9. The van der Waals surface area contributed by atoms with Gasteiger partial charge in [-0.1, -0.05) is 6.92 Å². The van der Waals surface area contributed by atoms with Gasteiger partial charge in [0.25, 0.3) is 6.43 Å². The third-order valence-electron chi connectivity index (χ3n) is 2.07. The first kappa shape index (κ1) is 14.2. The standard InChI is InChI=1S/C9H18F2N2O2/c1-6(3-2-4-12)9(15)13-5-7(14)8(10)11/h6-8,14H,2-5,12H2,1H3,(H,13,15). The first-order valence-corrected chi connectivity index (χ1v) is 4.93. The minimum absolute atomic E-state index is 0.265. The van der Waals surface area contributed by atoms with Gasteiger partial charge in [0.05, 0.1) is 0 Å². The lowest BCUT2D eigenvalue weighted by molar-refractivity contribution is -0.125. The molecular weight excluding hydrogens is 206 g/mol. The summed E-state index contributed by atoms with van der Waals surface area (Å²) >= 11 is 0. The zero-order chi connectivity index (χ0) is 11.8. The second-order valence-corrected chi connectivity index (χ2v) is 3.48. The van der Waals surface area contributed by atoms with Gasteiger partial charge in [-0.25, -0.2) is 8.78 Å². The largest absolute Gasteiger partial charge is 0.385 e. The van der Waals surface area contributed by atoms with Gasteiger partial charge in [0, 0.05) is 12.5 Å². The zero-order valence-electron chi connectivity index (χ0n) is 8.75. The molecule has 4 nitrogen and oxygen atoms in total. The number of hydrogen-bond donors (Lipinski definition) is 3. The van der Waals surface area contributed by atoms with Crippen molar-refractivity contribution in [3.63, 3.8) is 0 Å². The summed E-state index contributed by atoms with van der Waals surface area (Å²) in [6.45, 7) is 1.78. The van der Waals surface area contributed by atoms with Gasteiger partial charge in [-0.15, -0.1) is 0 Å². The van der Waals surface area contributed by atoms with Gasteiger partial charge in [0.15, 0.2) is 0 Å². The monoisotopic (exact) mass is 224 g/mol. The average molecular weight is 224 g/mol. The Labute approximate surface area is 87.8 Å². The number of carbonyl (C=O) groups excluding carboxylic acids is 1. The summed E-state index contributed by atoms with van der Waals surface area (Å²) in [5.74, 6) is -0.596. The average Bonchev–Trinajstić information content (AvgIpc) is 2.21. The van der Waals surface area contributed by atoms with E-state index in [1.54, 1.807) is 6.92 Å². The number of carbonyl (C=O) groups is 1. The summed E-state index contributed by atoms with van der Waals surface area (Å²) < 4.78 is 23.7. The van der Waals surface area contributed by atoms with Gasteiger partial charge in [-0.3, -0.25) is 4.79 Å². The quantitative estimate of drug-likeness (QED) is 0.574. The van der Waals surface area contributed by atoms with Crippen molar-refractivity contribution < 1.29 is 18.7 Å². The number of hydrogen-bond acceptors (Lipinski definition) is 3. The lowest BCUT2D eigenvalue weighted by Gasteiger charge is -2.14. The van der Waals surface area contributed by atoms with Crippen molar-refractivity contribution >= 4 is 5.91 Å². The molecule has 0 spiro atoms. The topological polar surface area (TPSA) is 75.4 Å². The van der Waals surface area contributed by atoms with Gasteiger partial charge in [0.1, 0.15) is 6.10 Å². The molecule has 0 aromatic carbocycles. The van der Waals surface area contributed by atoms with Crippen molar-refractivity contribution in [2.45, 2.75) is 32.3 Å². The Morgan fingerprint density at radius 3 is 2.60 bits per heavy atom. The van der Waals surface area contributed by atoms with Crippen molar-refractivity contribution in [1.82, 2.24) is 5.32 Å². The van der Waals surface area contributed by atoms with E-state index in [0.717, 1.165) is 0 Å². The molecule has 15 heavy (non-hydrogen) atoms. The molecule has 0 fully saturated rings. The second-order valence-electron chi connectivity index (χ2n) is 3.48. The summed E-state index contributed by atoms with van der Waals surface area (Å²) in [7, 11) is 0. The first-order valence-electron chi connectivity index (χ1n) is 4.93. The molecule has 0 aromatic heterocycles. The van der Waals surface area contributed by atoms with E-state index in [0.29, 0.717) is 19.4 Å². The van der Waals surface area contributed by atoms with Gasteiger partial charge < -0.3 is 16.2 Å². The summed E-state index contributed by atoms with van der Waals surface area (Å²) in [6.07, 6.45) is -3.29. The van der Waals surface area contributed by atoms with Crippen LogP contribution in [0.5, 0.6) is 0 Å². The van der Waals surface area contributed by atoms with Crippen molar-refractivity contribution in [2.24, 2.45) is 11.7 Å². The molecule has 90 valence electrons. The molecule has 2 atom stereocenters. The maximum absolute atomic E-state index is 11.9. The van der Waals surface area contributed by atoms with E-state index >= 15 is 0 Å². The van der Waals surface area contributed by atoms with Crippen LogP contribution in [0.3, 0.4) is 0 Å². The molecule has 1 amide bonds. The Kier molecular flexibility index (Phi) is 7.15. The number of amides is 1. The third-order valence-corrected chi connectivity index (χ3v) is 2.07. The number of rotatable bonds is 7. The number of aliphatic hydroxyl groups excluding tert-OH is 1. The van der Waals surface area contributed by atoms with E-state index in [-0.39, 0.29) is 11.8 Å². The highest BCUT2D eigenvalue weighted by atomic mass is 19.3. The van der Waals surface area contributed by atoms with Crippen LogP contribution in [0.4, 0.5) is 8.78 Å².